The van der Waals surface area contributed by atoms with Gasteiger partial charge in [-0.3, -0.25) is 19.1 Å². The molecule has 0 bridgehead atoms. The van der Waals surface area contributed by atoms with Gasteiger partial charge in [-0.25, -0.2) is 9.18 Å². The van der Waals surface area contributed by atoms with Gasteiger partial charge in [-0.2, -0.15) is 0 Å². The molecule has 1 aromatic rings. The lowest BCUT2D eigenvalue weighted by Crippen LogP contribution is -2.35. The molecule has 1 aliphatic rings. The number of alkyl halides is 1. The summed E-state index contributed by atoms with van der Waals surface area (Å²) in [5, 5.41) is 11.4. The zero-order valence-electron chi connectivity index (χ0n) is 11.9. The van der Waals surface area contributed by atoms with Crippen molar-refractivity contribution in [3.8, 4) is 0 Å². The van der Waals surface area contributed by atoms with Gasteiger partial charge in [0, 0.05) is 18.3 Å². The van der Waals surface area contributed by atoms with Crippen LogP contribution >= 0.6 is 0 Å². The van der Waals surface area contributed by atoms with E-state index < -0.39 is 30.1 Å². The van der Waals surface area contributed by atoms with Crippen molar-refractivity contribution in [1.29, 1.82) is 0 Å². The van der Waals surface area contributed by atoms with Crippen LogP contribution in [0.3, 0.4) is 0 Å². The number of ether oxygens (including phenoxy) is 1. The summed E-state index contributed by atoms with van der Waals surface area (Å²) in [5.41, 5.74) is -0.854. The minimum Gasteiger partial charge on any atom is -0.394 e. The molecule has 1 amide bonds. The Hall–Kier alpha value is -2.00. The lowest BCUT2D eigenvalue weighted by atomic mass is 10.2. The van der Waals surface area contributed by atoms with E-state index in [4.69, 9.17) is 9.84 Å². The van der Waals surface area contributed by atoms with E-state index in [1.54, 1.807) is 0 Å². The van der Waals surface area contributed by atoms with E-state index in [2.05, 4.69) is 10.3 Å². The molecule has 1 aliphatic heterocycles. The molecule has 0 saturated carbocycles. The summed E-state index contributed by atoms with van der Waals surface area (Å²) in [6.07, 6.45) is 1.85. The minimum atomic E-state index is -1.12. The zero-order valence-corrected chi connectivity index (χ0v) is 11.9. The smallest absolute Gasteiger partial charge is 0.330 e. The van der Waals surface area contributed by atoms with Gasteiger partial charge in [0.15, 0.2) is 6.67 Å². The average Bonchev–Trinajstić information content (AvgIpc) is 2.97. The normalized spacial score (nSPS) is 21.0. The number of carbonyl (C=O) groups excluding carboxylic acids is 1. The highest BCUT2D eigenvalue weighted by Gasteiger charge is 2.27. The molecular weight excluding hydrogens is 297 g/mol. The maximum atomic E-state index is 12.0. The van der Waals surface area contributed by atoms with Gasteiger partial charge in [0.25, 0.3) is 11.5 Å². The Bertz CT molecular complexity index is 641. The summed E-state index contributed by atoms with van der Waals surface area (Å²) in [7, 11) is 0. The highest BCUT2D eigenvalue weighted by molar-refractivity contribution is 5.76. The molecule has 3 N–H and O–H groups in total. The largest absolute Gasteiger partial charge is 0.394 e. The first-order valence-corrected chi connectivity index (χ1v) is 6.98. The summed E-state index contributed by atoms with van der Waals surface area (Å²) in [4.78, 5) is 36.6. The number of H-pyrrole nitrogens is 1. The van der Waals surface area contributed by atoms with Gasteiger partial charge in [-0.15, -0.1) is 0 Å². The predicted octanol–water partition coefficient (Wildman–Crippen LogP) is -1.17. The second-order valence-corrected chi connectivity index (χ2v) is 5.03. The number of hydrogen-bond donors (Lipinski definition) is 3. The molecule has 22 heavy (non-hydrogen) atoms. The maximum Gasteiger partial charge on any atom is 0.330 e. The van der Waals surface area contributed by atoms with Gasteiger partial charge >= 0.3 is 5.69 Å². The SMILES string of the molecule is O=C(CF)NCCc1cn([C@H]2CC[C@@H](CO)O2)c(=O)[nH]c1=O. The van der Waals surface area contributed by atoms with Crippen LogP contribution in [0.4, 0.5) is 4.39 Å². The van der Waals surface area contributed by atoms with E-state index in [9.17, 15) is 18.8 Å². The molecule has 0 aromatic carbocycles. The van der Waals surface area contributed by atoms with Gasteiger partial charge in [-0.1, -0.05) is 0 Å². The van der Waals surface area contributed by atoms with Crippen LogP contribution in [0.2, 0.25) is 0 Å². The number of carbonyl (C=O) groups is 1. The Labute approximate surface area is 124 Å². The second-order valence-electron chi connectivity index (χ2n) is 5.03. The highest BCUT2D eigenvalue weighted by atomic mass is 19.1. The van der Waals surface area contributed by atoms with E-state index >= 15 is 0 Å². The van der Waals surface area contributed by atoms with Crippen LogP contribution in [-0.4, -0.2) is 46.5 Å². The first kappa shape index (κ1) is 16.4. The lowest BCUT2D eigenvalue weighted by Gasteiger charge is -2.15. The summed E-state index contributed by atoms with van der Waals surface area (Å²) in [6.45, 7) is -1.15. The molecule has 1 aromatic heterocycles. The molecule has 122 valence electrons. The molecule has 0 aliphatic carbocycles. The van der Waals surface area contributed by atoms with E-state index in [0.717, 1.165) is 0 Å². The predicted molar refractivity (Wildman–Crippen MR) is 74.2 cm³/mol. The molecule has 9 heteroatoms. The van der Waals surface area contributed by atoms with Crippen molar-refractivity contribution in [3.63, 3.8) is 0 Å². The number of hydrogen-bond acceptors (Lipinski definition) is 5. The number of nitrogens with one attached hydrogen (secondary N) is 2. The lowest BCUT2D eigenvalue weighted by molar-refractivity contribution is -0.121. The molecule has 0 spiro atoms. The van der Waals surface area contributed by atoms with Crippen LogP contribution in [0.25, 0.3) is 0 Å². The Morgan fingerprint density at radius 1 is 1.50 bits per heavy atom. The number of aromatic amines is 1. The molecular formula is C13H18FN3O5. The van der Waals surface area contributed by atoms with Crippen LogP contribution in [0.1, 0.15) is 24.6 Å². The summed E-state index contributed by atoms with van der Waals surface area (Å²) >= 11 is 0. The topological polar surface area (TPSA) is 113 Å². The second kappa shape index (κ2) is 7.32. The van der Waals surface area contributed by atoms with Crippen LogP contribution in [0.5, 0.6) is 0 Å². The van der Waals surface area contributed by atoms with Gasteiger partial charge in [0.2, 0.25) is 0 Å². The first-order valence-electron chi connectivity index (χ1n) is 6.98. The summed E-state index contributed by atoms with van der Waals surface area (Å²) in [5.74, 6) is -0.755. The van der Waals surface area contributed by atoms with Crippen molar-refractivity contribution in [2.24, 2.45) is 0 Å². The van der Waals surface area contributed by atoms with Gasteiger partial charge in [0.1, 0.15) is 6.23 Å². The molecule has 2 heterocycles. The molecule has 0 radical (unpaired) electrons. The molecule has 8 nitrogen and oxygen atoms in total. The zero-order chi connectivity index (χ0) is 16.1. The number of aliphatic hydroxyl groups excluding tert-OH is 1. The van der Waals surface area contributed by atoms with E-state index in [1.165, 1.54) is 10.8 Å². The Morgan fingerprint density at radius 2 is 2.27 bits per heavy atom. The van der Waals surface area contributed by atoms with E-state index in [1.807, 2.05) is 0 Å². The number of halogens is 1. The van der Waals surface area contributed by atoms with Crippen molar-refractivity contribution >= 4 is 5.91 Å². The standard InChI is InChI=1S/C13H18FN3O5/c14-5-10(19)15-4-3-8-6-17(13(21)16-12(8)20)11-2-1-9(7-18)22-11/h6,9,11,18H,1-5,7H2,(H,15,19)(H,16,20,21)/t9-,11+/m0/s1. The maximum absolute atomic E-state index is 12.0. The fourth-order valence-corrected chi connectivity index (χ4v) is 2.33. The van der Waals surface area contributed by atoms with Crippen molar-refractivity contribution in [1.82, 2.24) is 14.9 Å². The third-order valence-electron chi connectivity index (χ3n) is 3.48. The Morgan fingerprint density at radius 3 is 2.91 bits per heavy atom. The van der Waals surface area contributed by atoms with Crippen molar-refractivity contribution in [3.05, 3.63) is 32.6 Å². The summed E-state index contributed by atoms with van der Waals surface area (Å²) in [6, 6.07) is 0. The van der Waals surface area contributed by atoms with Gasteiger partial charge < -0.3 is 15.2 Å². The van der Waals surface area contributed by atoms with Gasteiger partial charge in [-0.05, 0) is 19.3 Å². The fraction of sp³-hybridized carbons (Fsp3) is 0.615. The monoisotopic (exact) mass is 315 g/mol. The third-order valence-corrected chi connectivity index (χ3v) is 3.48. The number of aromatic nitrogens is 2. The molecule has 1 fully saturated rings. The number of nitrogens with zero attached hydrogens (tertiary/aromatic N) is 1. The number of amides is 1. The number of rotatable bonds is 6. The average molecular weight is 315 g/mol. The van der Waals surface area contributed by atoms with Crippen molar-refractivity contribution < 1.29 is 19.0 Å². The molecule has 2 atom stereocenters. The fourth-order valence-electron chi connectivity index (χ4n) is 2.33. The molecule has 0 unspecified atom stereocenters. The summed E-state index contributed by atoms with van der Waals surface area (Å²) < 4.78 is 18.8. The van der Waals surface area contributed by atoms with Gasteiger partial charge in [0.05, 0.1) is 12.7 Å². The van der Waals surface area contributed by atoms with E-state index in [0.29, 0.717) is 12.8 Å². The Balaban J connectivity index is 2.12. The minimum absolute atomic E-state index is 0.0921. The molecule has 2 rings (SSSR count). The van der Waals surface area contributed by atoms with Crippen LogP contribution in [-0.2, 0) is 16.0 Å². The highest BCUT2D eigenvalue weighted by Crippen LogP contribution is 2.26. The van der Waals surface area contributed by atoms with Crippen LogP contribution < -0.4 is 16.6 Å². The van der Waals surface area contributed by atoms with E-state index in [-0.39, 0.29) is 31.2 Å². The van der Waals surface area contributed by atoms with Crippen LogP contribution in [0.15, 0.2) is 15.8 Å². The molecule has 1 saturated heterocycles. The van der Waals surface area contributed by atoms with Crippen LogP contribution in [0, 0.1) is 0 Å². The Kier molecular flexibility index (Phi) is 5.45. The quantitative estimate of drug-likeness (QED) is 0.612. The van der Waals surface area contributed by atoms with Crippen molar-refractivity contribution in [2.75, 3.05) is 19.8 Å². The number of aliphatic hydroxyl groups is 1. The van der Waals surface area contributed by atoms with Crippen molar-refractivity contribution in [2.45, 2.75) is 31.6 Å². The first-order chi connectivity index (χ1) is 10.5. The third kappa shape index (κ3) is 3.80.